The number of esters is 1. The van der Waals surface area contributed by atoms with Gasteiger partial charge in [0.2, 0.25) is 0 Å². The molecule has 0 saturated heterocycles. The number of para-hydroxylation sites is 1. The van der Waals surface area contributed by atoms with Gasteiger partial charge in [0.15, 0.2) is 0 Å². The molecule has 0 bridgehead atoms. The fourth-order valence-corrected chi connectivity index (χ4v) is 2.21. The van der Waals surface area contributed by atoms with Crippen molar-refractivity contribution < 1.29 is 38.9 Å². The summed E-state index contributed by atoms with van der Waals surface area (Å²) >= 11 is 0. The molecule has 1 amide bonds. The lowest BCUT2D eigenvalue weighted by Crippen LogP contribution is -2.47. The molecule has 1 rings (SSSR count). The van der Waals surface area contributed by atoms with Crippen molar-refractivity contribution in [2.45, 2.75) is 44.9 Å². The molecule has 1 aromatic carbocycles. The van der Waals surface area contributed by atoms with Crippen LogP contribution in [0.15, 0.2) is 24.3 Å². The third-order valence-corrected chi connectivity index (χ3v) is 3.42. The summed E-state index contributed by atoms with van der Waals surface area (Å²) in [6.07, 6.45) is -1.49. The molecule has 1 aromatic rings. The van der Waals surface area contributed by atoms with Gasteiger partial charge < -0.3 is 30.3 Å². The standard InChI is InChI=1S/C18H24N2O8/c1-18(2,3)28-17(26)20-13(15(23)24)9-12(14(21)22)19-11-8-6-5-7-10(11)16(25)27-4/h5-8,12-13,19H,9H2,1-4H3,(H,20,26)(H,21,22)(H,23,24)/t12?,13-/m0/s1. The molecule has 0 aliphatic carbocycles. The minimum absolute atomic E-state index is 0.0863. The summed E-state index contributed by atoms with van der Waals surface area (Å²) in [4.78, 5) is 46.7. The van der Waals surface area contributed by atoms with E-state index in [1.165, 1.54) is 19.2 Å². The van der Waals surface area contributed by atoms with Crippen molar-refractivity contribution in [3.05, 3.63) is 29.8 Å². The number of anilines is 1. The number of benzene rings is 1. The quantitative estimate of drug-likeness (QED) is 0.481. The average Bonchev–Trinajstić information content (AvgIpc) is 2.58. The number of ether oxygens (including phenoxy) is 2. The van der Waals surface area contributed by atoms with Crippen molar-refractivity contribution in [3.63, 3.8) is 0 Å². The van der Waals surface area contributed by atoms with E-state index in [-0.39, 0.29) is 11.3 Å². The van der Waals surface area contributed by atoms with Gasteiger partial charge >= 0.3 is 24.0 Å². The molecule has 1 unspecified atom stereocenters. The number of alkyl carbamates (subject to hydrolysis) is 1. The normalized spacial score (nSPS) is 13.0. The van der Waals surface area contributed by atoms with Gasteiger partial charge in [0, 0.05) is 12.1 Å². The highest BCUT2D eigenvalue weighted by Crippen LogP contribution is 2.19. The number of methoxy groups -OCH3 is 1. The largest absolute Gasteiger partial charge is 0.480 e. The Hall–Kier alpha value is -3.30. The molecule has 0 saturated carbocycles. The molecule has 0 radical (unpaired) electrons. The Kier molecular flexibility index (Phi) is 7.78. The molecule has 154 valence electrons. The highest BCUT2D eigenvalue weighted by Gasteiger charge is 2.30. The van der Waals surface area contributed by atoms with E-state index in [9.17, 15) is 29.4 Å². The van der Waals surface area contributed by atoms with Gasteiger partial charge in [-0.3, -0.25) is 0 Å². The molecular formula is C18H24N2O8. The first-order chi connectivity index (χ1) is 12.9. The number of carbonyl (C=O) groups is 4. The summed E-state index contributed by atoms with van der Waals surface area (Å²) in [7, 11) is 1.18. The van der Waals surface area contributed by atoms with Crippen molar-refractivity contribution >= 4 is 29.7 Å². The SMILES string of the molecule is COC(=O)c1ccccc1NC(C[C@H](NC(=O)OC(C)(C)C)C(=O)O)C(=O)O. The molecule has 2 atom stereocenters. The molecule has 28 heavy (non-hydrogen) atoms. The zero-order valence-corrected chi connectivity index (χ0v) is 16.0. The van der Waals surface area contributed by atoms with Gasteiger partial charge in [-0.2, -0.15) is 0 Å². The Labute approximate surface area is 161 Å². The van der Waals surface area contributed by atoms with Crippen LogP contribution in [0.2, 0.25) is 0 Å². The van der Waals surface area contributed by atoms with Crippen LogP contribution in [-0.2, 0) is 19.1 Å². The average molecular weight is 396 g/mol. The number of carboxylic acids is 2. The zero-order chi connectivity index (χ0) is 21.5. The van der Waals surface area contributed by atoms with E-state index in [2.05, 4.69) is 15.4 Å². The van der Waals surface area contributed by atoms with Crippen molar-refractivity contribution in [2.24, 2.45) is 0 Å². The molecule has 10 heteroatoms. The first-order valence-corrected chi connectivity index (χ1v) is 8.33. The second kappa shape index (κ2) is 9.58. The molecular weight excluding hydrogens is 372 g/mol. The molecule has 10 nitrogen and oxygen atoms in total. The van der Waals surface area contributed by atoms with Gasteiger partial charge in [0.25, 0.3) is 0 Å². The van der Waals surface area contributed by atoms with E-state index < -0.39 is 48.1 Å². The highest BCUT2D eigenvalue weighted by atomic mass is 16.6. The first kappa shape index (κ1) is 22.7. The zero-order valence-electron chi connectivity index (χ0n) is 16.0. The number of rotatable bonds is 8. The van der Waals surface area contributed by atoms with E-state index in [0.717, 1.165) is 0 Å². The minimum atomic E-state index is -1.53. The fourth-order valence-electron chi connectivity index (χ4n) is 2.21. The molecule has 0 aliphatic rings. The lowest BCUT2D eigenvalue weighted by atomic mass is 10.1. The van der Waals surface area contributed by atoms with Crippen molar-refractivity contribution in [1.29, 1.82) is 0 Å². The maximum absolute atomic E-state index is 11.8. The number of amides is 1. The van der Waals surface area contributed by atoms with Gasteiger partial charge in [-0.15, -0.1) is 0 Å². The molecule has 0 aliphatic heterocycles. The van der Waals surface area contributed by atoms with Crippen LogP contribution in [0.4, 0.5) is 10.5 Å². The van der Waals surface area contributed by atoms with E-state index in [1.54, 1.807) is 32.9 Å². The lowest BCUT2D eigenvalue weighted by molar-refractivity contribution is -0.141. The van der Waals surface area contributed by atoms with Crippen LogP contribution in [-0.4, -0.2) is 59.0 Å². The molecule has 0 aromatic heterocycles. The third-order valence-electron chi connectivity index (χ3n) is 3.42. The van der Waals surface area contributed by atoms with Crippen LogP contribution in [0.3, 0.4) is 0 Å². The number of hydrogen-bond donors (Lipinski definition) is 4. The van der Waals surface area contributed by atoms with E-state index in [0.29, 0.717) is 0 Å². The Morgan fingerprint density at radius 2 is 1.61 bits per heavy atom. The summed E-state index contributed by atoms with van der Waals surface area (Å²) < 4.78 is 9.64. The summed E-state index contributed by atoms with van der Waals surface area (Å²) in [6, 6.07) is 3.08. The van der Waals surface area contributed by atoms with Gasteiger partial charge in [0.1, 0.15) is 17.7 Å². The maximum atomic E-state index is 11.8. The molecule has 4 N–H and O–H groups in total. The second-order valence-corrected chi connectivity index (χ2v) is 6.85. The van der Waals surface area contributed by atoms with Gasteiger partial charge in [-0.05, 0) is 32.9 Å². The van der Waals surface area contributed by atoms with E-state index >= 15 is 0 Å². The highest BCUT2D eigenvalue weighted by molar-refractivity contribution is 5.96. The molecule has 0 fully saturated rings. The third kappa shape index (κ3) is 7.14. The molecule has 0 spiro atoms. The van der Waals surface area contributed by atoms with Crippen LogP contribution in [0, 0.1) is 0 Å². The summed E-state index contributed by atoms with van der Waals surface area (Å²) in [5, 5.41) is 23.5. The summed E-state index contributed by atoms with van der Waals surface area (Å²) in [5.74, 6) is -3.48. The van der Waals surface area contributed by atoms with Crippen LogP contribution < -0.4 is 10.6 Å². The van der Waals surface area contributed by atoms with Crippen LogP contribution >= 0.6 is 0 Å². The Balaban J connectivity index is 2.99. The predicted molar refractivity (Wildman–Crippen MR) is 98.2 cm³/mol. The van der Waals surface area contributed by atoms with Crippen molar-refractivity contribution in [3.8, 4) is 0 Å². The first-order valence-electron chi connectivity index (χ1n) is 8.33. The van der Waals surface area contributed by atoms with Crippen molar-refractivity contribution in [1.82, 2.24) is 5.32 Å². The van der Waals surface area contributed by atoms with Gasteiger partial charge in [0.05, 0.1) is 12.7 Å². The predicted octanol–water partition coefficient (Wildman–Crippen LogP) is 1.71. The van der Waals surface area contributed by atoms with E-state index in [4.69, 9.17) is 4.74 Å². The fraction of sp³-hybridized carbons (Fsp3) is 0.444. The topological polar surface area (TPSA) is 151 Å². The van der Waals surface area contributed by atoms with Gasteiger partial charge in [-0.1, -0.05) is 12.1 Å². The number of aliphatic carboxylic acids is 2. The van der Waals surface area contributed by atoms with Gasteiger partial charge in [-0.25, -0.2) is 19.2 Å². The Bertz CT molecular complexity index is 741. The Morgan fingerprint density at radius 3 is 2.11 bits per heavy atom. The summed E-state index contributed by atoms with van der Waals surface area (Å²) in [5.41, 5.74) is -0.608. The molecule has 0 heterocycles. The van der Waals surface area contributed by atoms with E-state index in [1.807, 2.05) is 0 Å². The number of carboxylic acid groups (broad SMARTS) is 2. The number of hydrogen-bond acceptors (Lipinski definition) is 7. The number of nitrogens with one attached hydrogen (secondary N) is 2. The smallest absolute Gasteiger partial charge is 0.408 e. The van der Waals surface area contributed by atoms with Crippen LogP contribution in [0.5, 0.6) is 0 Å². The maximum Gasteiger partial charge on any atom is 0.408 e. The van der Waals surface area contributed by atoms with Crippen molar-refractivity contribution in [2.75, 3.05) is 12.4 Å². The number of carbonyl (C=O) groups excluding carboxylic acids is 2. The van der Waals surface area contributed by atoms with Crippen LogP contribution in [0.1, 0.15) is 37.6 Å². The Morgan fingerprint density at radius 1 is 1.04 bits per heavy atom. The monoisotopic (exact) mass is 396 g/mol. The lowest BCUT2D eigenvalue weighted by Gasteiger charge is -2.24. The second-order valence-electron chi connectivity index (χ2n) is 6.85. The minimum Gasteiger partial charge on any atom is -0.480 e. The summed E-state index contributed by atoms with van der Waals surface area (Å²) in [6.45, 7) is 4.81. The van der Waals surface area contributed by atoms with Crippen LogP contribution in [0.25, 0.3) is 0 Å².